The molecular formula is C24H23F3N2O3. The summed E-state index contributed by atoms with van der Waals surface area (Å²) < 4.78 is 43.1. The molecule has 1 fully saturated rings. The molecule has 0 aromatic heterocycles. The van der Waals surface area contributed by atoms with Crippen molar-refractivity contribution < 1.29 is 27.5 Å². The molecule has 2 aromatic rings. The monoisotopic (exact) mass is 444 g/mol. The molecule has 3 amide bonds. The zero-order valence-corrected chi connectivity index (χ0v) is 17.6. The van der Waals surface area contributed by atoms with Gasteiger partial charge in [0.1, 0.15) is 5.75 Å². The molecule has 32 heavy (non-hydrogen) atoms. The zero-order chi connectivity index (χ0) is 22.7. The lowest BCUT2D eigenvalue weighted by Gasteiger charge is -2.41. The second-order valence-corrected chi connectivity index (χ2v) is 8.99. The van der Waals surface area contributed by atoms with E-state index in [9.17, 15) is 22.8 Å². The van der Waals surface area contributed by atoms with Crippen LogP contribution in [0.15, 0.2) is 42.5 Å². The van der Waals surface area contributed by atoms with Gasteiger partial charge in [-0.2, -0.15) is 13.2 Å². The van der Waals surface area contributed by atoms with Gasteiger partial charge in [-0.3, -0.25) is 9.69 Å². The maximum atomic E-state index is 13.6. The average molecular weight is 444 g/mol. The first kappa shape index (κ1) is 20.8. The first-order valence-corrected chi connectivity index (χ1v) is 10.7. The number of halogens is 3. The Morgan fingerprint density at radius 3 is 2.25 bits per heavy atom. The van der Waals surface area contributed by atoms with Crippen LogP contribution in [-0.2, 0) is 29.6 Å². The Labute approximate surface area is 183 Å². The van der Waals surface area contributed by atoms with Gasteiger partial charge in [-0.05, 0) is 66.5 Å². The largest absolute Gasteiger partial charge is 0.484 e. The van der Waals surface area contributed by atoms with E-state index in [2.05, 4.69) is 17.4 Å². The van der Waals surface area contributed by atoms with Gasteiger partial charge in [0.15, 0.2) is 12.1 Å². The molecule has 5 rings (SSSR count). The van der Waals surface area contributed by atoms with Gasteiger partial charge >= 0.3 is 12.2 Å². The van der Waals surface area contributed by atoms with E-state index in [0.29, 0.717) is 24.8 Å². The second-order valence-electron chi connectivity index (χ2n) is 8.99. The van der Waals surface area contributed by atoms with Crippen molar-refractivity contribution in [1.29, 1.82) is 0 Å². The molecule has 5 nitrogen and oxygen atoms in total. The molecule has 8 heteroatoms. The standard InChI is InChI=1S/C24H23F3N2O3/c1-29-20(30)24(28-21(29)31)19-12-18(32-14-23(25,26)27)7-6-17(19)13-22(24)10-8-15-4-2-3-5-16(15)9-11-22/h2-7,12H,8-11,13-14H2,1H3,(H,28,31). The highest BCUT2D eigenvalue weighted by Gasteiger charge is 2.67. The molecular weight excluding hydrogens is 421 g/mol. The minimum Gasteiger partial charge on any atom is -0.484 e. The summed E-state index contributed by atoms with van der Waals surface area (Å²) in [4.78, 5) is 27.3. The molecule has 0 radical (unpaired) electrons. The summed E-state index contributed by atoms with van der Waals surface area (Å²) in [5.41, 5.74) is 1.98. The van der Waals surface area contributed by atoms with Crippen LogP contribution in [0.2, 0.25) is 0 Å². The highest BCUT2D eigenvalue weighted by molar-refractivity contribution is 6.08. The predicted octanol–water partition coefficient (Wildman–Crippen LogP) is 4.13. The lowest BCUT2D eigenvalue weighted by atomic mass is 9.65. The van der Waals surface area contributed by atoms with E-state index in [1.165, 1.54) is 30.3 Å². The predicted molar refractivity (Wildman–Crippen MR) is 110 cm³/mol. The van der Waals surface area contributed by atoms with E-state index in [-0.39, 0.29) is 11.7 Å². The van der Waals surface area contributed by atoms with E-state index in [0.717, 1.165) is 23.3 Å². The number of carbonyl (C=O) groups excluding carboxylic acids is 2. The van der Waals surface area contributed by atoms with Crippen molar-refractivity contribution in [1.82, 2.24) is 10.2 Å². The van der Waals surface area contributed by atoms with Crippen LogP contribution >= 0.6 is 0 Å². The minimum atomic E-state index is -4.47. The topological polar surface area (TPSA) is 58.6 Å². The lowest BCUT2D eigenvalue weighted by Crippen LogP contribution is -2.55. The number of carbonyl (C=O) groups is 2. The van der Waals surface area contributed by atoms with Crippen LogP contribution in [0.3, 0.4) is 0 Å². The Morgan fingerprint density at radius 2 is 1.69 bits per heavy atom. The lowest BCUT2D eigenvalue weighted by molar-refractivity contribution is -0.153. The van der Waals surface area contributed by atoms with Gasteiger partial charge in [0, 0.05) is 12.5 Å². The number of nitrogens with zero attached hydrogens (tertiary/aromatic N) is 1. The van der Waals surface area contributed by atoms with Crippen LogP contribution in [0.5, 0.6) is 5.75 Å². The van der Waals surface area contributed by atoms with Crippen molar-refractivity contribution in [3.05, 3.63) is 64.7 Å². The molecule has 2 aromatic carbocycles. The number of urea groups is 1. The Hall–Kier alpha value is -3.03. The highest BCUT2D eigenvalue weighted by Crippen LogP contribution is 2.59. The molecule has 1 saturated heterocycles. The number of rotatable bonds is 2. The van der Waals surface area contributed by atoms with Gasteiger partial charge in [0.2, 0.25) is 0 Å². The first-order valence-electron chi connectivity index (χ1n) is 10.7. The number of aryl methyl sites for hydroxylation is 2. The Morgan fingerprint density at radius 1 is 1.03 bits per heavy atom. The minimum absolute atomic E-state index is 0.0333. The highest BCUT2D eigenvalue weighted by atomic mass is 19.4. The van der Waals surface area contributed by atoms with Crippen LogP contribution in [0.25, 0.3) is 0 Å². The van der Waals surface area contributed by atoms with Gasteiger partial charge in [0.05, 0.1) is 0 Å². The SMILES string of the molecule is CN1C(=O)NC2(C1=O)c1cc(OCC(F)(F)F)ccc1CC21CCc2ccccc2CC1. The number of amides is 3. The molecule has 168 valence electrons. The fraction of sp³-hybridized carbons (Fsp3) is 0.417. The quantitative estimate of drug-likeness (QED) is 0.709. The zero-order valence-electron chi connectivity index (χ0n) is 17.6. The molecule has 2 aliphatic carbocycles. The smallest absolute Gasteiger partial charge is 0.422 e. The molecule has 3 aliphatic rings. The number of likely N-dealkylation sites (N-methyl/N-ethyl adjacent to an activating group) is 1. The Bertz CT molecular complexity index is 1090. The summed E-state index contributed by atoms with van der Waals surface area (Å²) in [7, 11) is 1.44. The van der Waals surface area contributed by atoms with Crippen LogP contribution in [0, 0.1) is 5.41 Å². The van der Waals surface area contributed by atoms with Crippen molar-refractivity contribution in [2.45, 2.75) is 43.8 Å². The third-order valence-electron chi connectivity index (χ3n) is 7.30. The number of nitrogens with one attached hydrogen (secondary N) is 1. The number of alkyl halides is 3. The summed E-state index contributed by atoms with van der Waals surface area (Å²) in [6, 6.07) is 12.4. The molecule has 0 saturated carbocycles. The van der Waals surface area contributed by atoms with Gasteiger partial charge in [0.25, 0.3) is 5.91 Å². The van der Waals surface area contributed by atoms with Crippen molar-refractivity contribution in [2.75, 3.05) is 13.7 Å². The maximum absolute atomic E-state index is 13.6. The number of fused-ring (bicyclic) bond motifs is 4. The summed E-state index contributed by atoms with van der Waals surface area (Å²) >= 11 is 0. The van der Waals surface area contributed by atoms with Crippen LogP contribution in [0.4, 0.5) is 18.0 Å². The van der Waals surface area contributed by atoms with Crippen molar-refractivity contribution in [2.24, 2.45) is 5.41 Å². The molecule has 1 aliphatic heterocycles. The van der Waals surface area contributed by atoms with E-state index >= 15 is 0 Å². The average Bonchev–Trinajstić information content (AvgIpc) is 3.05. The summed E-state index contributed by atoms with van der Waals surface area (Å²) in [6.07, 6.45) is -1.03. The van der Waals surface area contributed by atoms with Crippen LogP contribution < -0.4 is 10.1 Å². The van der Waals surface area contributed by atoms with E-state index in [4.69, 9.17) is 4.74 Å². The fourth-order valence-corrected chi connectivity index (χ4v) is 5.75. The van der Waals surface area contributed by atoms with Crippen molar-refractivity contribution in [3.8, 4) is 5.75 Å². The number of imide groups is 1. The van der Waals surface area contributed by atoms with Gasteiger partial charge in [-0.25, -0.2) is 4.79 Å². The Balaban J connectivity index is 1.60. The third kappa shape index (κ3) is 2.99. The van der Waals surface area contributed by atoms with E-state index < -0.39 is 29.8 Å². The van der Waals surface area contributed by atoms with Crippen molar-refractivity contribution >= 4 is 11.9 Å². The molecule has 0 bridgehead atoms. The summed E-state index contributed by atoms with van der Waals surface area (Å²) in [5, 5.41) is 2.96. The van der Waals surface area contributed by atoms with Gasteiger partial charge in [-0.1, -0.05) is 30.3 Å². The van der Waals surface area contributed by atoms with Crippen LogP contribution in [-0.4, -0.2) is 36.7 Å². The van der Waals surface area contributed by atoms with Crippen LogP contribution in [0.1, 0.15) is 35.1 Å². The maximum Gasteiger partial charge on any atom is 0.422 e. The normalized spacial score (nSPS) is 23.8. The van der Waals surface area contributed by atoms with Gasteiger partial charge in [-0.15, -0.1) is 0 Å². The second kappa shape index (κ2) is 6.98. The number of hydrogen-bond donors (Lipinski definition) is 1. The first-order chi connectivity index (χ1) is 15.2. The summed E-state index contributed by atoms with van der Waals surface area (Å²) in [5.74, 6) is -0.328. The molecule has 1 unspecified atom stereocenters. The van der Waals surface area contributed by atoms with Gasteiger partial charge < -0.3 is 10.1 Å². The number of hydrogen-bond acceptors (Lipinski definition) is 3. The van der Waals surface area contributed by atoms with E-state index in [1.807, 2.05) is 12.1 Å². The number of ether oxygens (including phenoxy) is 1. The molecule has 1 heterocycles. The third-order valence-corrected chi connectivity index (χ3v) is 7.30. The summed E-state index contributed by atoms with van der Waals surface area (Å²) in [6.45, 7) is -1.42. The molecule has 2 spiro atoms. The van der Waals surface area contributed by atoms with E-state index in [1.54, 1.807) is 6.07 Å². The van der Waals surface area contributed by atoms with Crippen molar-refractivity contribution in [3.63, 3.8) is 0 Å². The molecule has 1 N–H and O–H groups in total. The molecule has 1 atom stereocenters. The Kier molecular flexibility index (Phi) is 4.55. The fourth-order valence-electron chi connectivity index (χ4n) is 5.75. The number of benzene rings is 2.